The third-order valence-corrected chi connectivity index (χ3v) is 5.08. The highest BCUT2D eigenvalue weighted by Gasteiger charge is 2.19. The Kier molecular flexibility index (Phi) is 7.72. The molecule has 0 unspecified atom stereocenters. The molecule has 0 spiro atoms. The van der Waals surface area contributed by atoms with Crippen LogP contribution in [0.4, 0.5) is 0 Å². The molecule has 1 aliphatic heterocycles. The van der Waals surface area contributed by atoms with Crippen molar-refractivity contribution in [3.05, 3.63) is 29.3 Å². The molecule has 0 N–H and O–H groups in total. The number of carbonyl (C=O) groups is 1. The standard InChI is InChI=1S/C20H33N3O2/c1-5-22-10-12-23(13-11-22)16-20(24)21(4)9-6-14-25-19-8-7-17(2)18(3)15-19/h7-8,15H,5-6,9-14,16H2,1-4H3. The van der Waals surface area contributed by atoms with Gasteiger partial charge in [0.15, 0.2) is 0 Å². The fourth-order valence-electron chi connectivity index (χ4n) is 3.00. The summed E-state index contributed by atoms with van der Waals surface area (Å²) in [5.41, 5.74) is 2.52. The lowest BCUT2D eigenvalue weighted by Gasteiger charge is -2.34. The average Bonchev–Trinajstić information content (AvgIpc) is 2.62. The van der Waals surface area contributed by atoms with Crippen LogP contribution in [0.1, 0.15) is 24.5 Å². The van der Waals surface area contributed by atoms with E-state index in [2.05, 4.69) is 42.7 Å². The molecule has 1 aliphatic rings. The van der Waals surface area contributed by atoms with Gasteiger partial charge in [0, 0.05) is 39.8 Å². The van der Waals surface area contributed by atoms with Crippen molar-refractivity contribution in [3.63, 3.8) is 0 Å². The molecule has 1 saturated heterocycles. The molecule has 0 saturated carbocycles. The topological polar surface area (TPSA) is 36.0 Å². The number of nitrogens with zero attached hydrogens (tertiary/aromatic N) is 3. The van der Waals surface area contributed by atoms with Crippen molar-refractivity contribution in [2.24, 2.45) is 0 Å². The summed E-state index contributed by atoms with van der Waals surface area (Å²) in [6, 6.07) is 6.16. The quantitative estimate of drug-likeness (QED) is 0.675. The summed E-state index contributed by atoms with van der Waals surface area (Å²) in [5.74, 6) is 1.11. The van der Waals surface area contributed by atoms with Crippen LogP contribution in [0.5, 0.6) is 5.75 Å². The van der Waals surface area contributed by atoms with E-state index < -0.39 is 0 Å². The van der Waals surface area contributed by atoms with Crippen LogP contribution in [0.2, 0.25) is 0 Å². The van der Waals surface area contributed by atoms with Gasteiger partial charge in [0.1, 0.15) is 5.75 Å². The summed E-state index contributed by atoms with van der Waals surface area (Å²) in [6.07, 6.45) is 0.846. The van der Waals surface area contributed by atoms with Gasteiger partial charge in [0.25, 0.3) is 0 Å². The highest BCUT2D eigenvalue weighted by Crippen LogP contribution is 2.16. The first-order valence-corrected chi connectivity index (χ1v) is 9.38. The predicted molar refractivity (Wildman–Crippen MR) is 102 cm³/mol. The number of likely N-dealkylation sites (N-methyl/N-ethyl adjacent to an activating group) is 2. The highest BCUT2D eigenvalue weighted by atomic mass is 16.5. The van der Waals surface area contributed by atoms with Crippen molar-refractivity contribution in [1.82, 2.24) is 14.7 Å². The molecular formula is C20H33N3O2. The number of piperazine rings is 1. The maximum absolute atomic E-state index is 12.3. The number of rotatable bonds is 8. The second-order valence-electron chi connectivity index (χ2n) is 6.97. The SMILES string of the molecule is CCN1CCN(CC(=O)N(C)CCCOc2ccc(C)c(C)c2)CC1. The van der Waals surface area contributed by atoms with Crippen LogP contribution in [-0.4, -0.2) is 80.1 Å². The molecule has 0 bridgehead atoms. The summed E-state index contributed by atoms with van der Waals surface area (Å²) in [7, 11) is 1.89. The summed E-state index contributed by atoms with van der Waals surface area (Å²) in [5, 5.41) is 0. The Morgan fingerprint density at radius 1 is 1.12 bits per heavy atom. The van der Waals surface area contributed by atoms with E-state index in [1.807, 2.05) is 18.0 Å². The molecule has 5 nitrogen and oxygen atoms in total. The van der Waals surface area contributed by atoms with Gasteiger partial charge in [-0.3, -0.25) is 9.69 Å². The van der Waals surface area contributed by atoms with E-state index in [1.54, 1.807) is 0 Å². The van der Waals surface area contributed by atoms with Gasteiger partial charge >= 0.3 is 0 Å². The fraction of sp³-hybridized carbons (Fsp3) is 0.650. The lowest BCUT2D eigenvalue weighted by Crippen LogP contribution is -2.49. The van der Waals surface area contributed by atoms with Gasteiger partial charge < -0.3 is 14.5 Å². The van der Waals surface area contributed by atoms with Gasteiger partial charge in [0.2, 0.25) is 5.91 Å². The molecule has 140 valence electrons. The monoisotopic (exact) mass is 347 g/mol. The third kappa shape index (κ3) is 6.33. The van der Waals surface area contributed by atoms with Crippen LogP contribution in [0.15, 0.2) is 18.2 Å². The first-order chi connectivity index (χ1) is 12.0. The van der Waals surface area contributed by atoms with Gasteiger partial charge in [-0.2, -0.15) is 0 Å². The van der Waals surface area contributed by atoms with Gasteiger partial charge in [-0.25, -0.2) is 0 Å². The maximum atomic E-state index is 12.3. The second-order valence-corrected chi connectivity index (χ2v) is 6.97. The minimum absolute atomic E-state index is 0.205. The molecule has 0 aromatic heterocycles. The molecule has 0 aliphatic carbocycles. The zero-order chi connectivity index (χ0) is 18.2. The second kappa shape index (κ2) is 9.78. The minimum atomic E-state index is 0.205. The van der Waals surface area contributed by atoms with E-state index in [1.165, 1.54) is 11.1 Å². The summed E-state index contributed by atoms with van der Waals surface area (Å²) < 4.78 is 5.79. The van der Waals surface area contributed by atoms with Crippen LogP contribution in [0.25, 0.3) is 0 Å². The number of aryl methyl sites for hydroxylation is 2. The van der Waals surface area contributed by atoms with E-state index in [0.717, 1.165) is 51.4 Å². The van der Waals surface area contributed by atoms with Crippen LogP contribution < -0.4 is 4.74 Å². The Labute approximate surface area is 152 Å². The van der Waals surface area contributed by atoms with E-state index in [0.29, 0.717) is 13.2 Å². The molecule has 1 fully saturated rings. The molecule has 1 heterocycles. The number of hydrogen-bond acceptors (Lipinski definition) is 4. The minimum Gasteiger partial charge on any atom is -0.494 e. The number of amides is 1. The molecule has 1 aromatic rings. The molecule has 5 heteroatoms. The van der Waals surface area contributed by atoms with Crippen molar-refractivity contribution in [2.75, 3.05) is 59.5 Å². The molecule has 25 heavy (non-hydrogen) atoms. The average molecular weight is 348 g/mol. The van der Waals surface area contributed by atoms with Crippen LogP contribution in [0.3, 0.4) is 0 Å². The number of hydrogen-bond donors (Lipinski definition) is 0. The molecular weight excluding hydrogens is 314 g/mol. The molecule has 0 radical (unpaired) electrons. The predicted octanol–water partition coefficient (Wildman–Crippen LogP) is 2.17. The maximum Gasteiger partial charge on any atom is 0.236 e. The summed E-state index contributed by atoms with van der Waals surface area (Å²) in [4.78, 5) is 18.9. The smallest absolute Gasteiger partial charge is 0.236 e. The van der Waals surface area contributed by atoms with Crippen LogP contribution >= 0.6 is 0 Å². The normalized spacial score (nSPS) is 16.0. The van der Waals surface area contributed by atoms with E-state index >= 15 is 0 Å². The first-order valence-electron chi connectivity index (χ1n) is 9.38. The van der Waals surface area contributed by atoms with Gasteiger partial charge in [-0.05, 0) is 50.1 Å². The third-order valence-electron chi connectivity index (χ3n) is 5.08. The summed E-state index contributed by atoms with van der Waals surface area (Å²) >= 11 is 0. The lowest BCUT2D eigenvalue weighted by atomic mass is 10.1. The van der Waals surface area contributed by atoms with Crippen molar-refractivity contribution in [3.8, 4) is 5.75 Å². The molecule has 1 aromatic carbocycles. The van der Waals surface area contributed by atoms with Crippen molar-refractivity contribution in [2.45, 2.75) is 27.2 Å². The van der Waals surface area contributed by atoms with E-state index in [4.69, 9.17) is 4.74 Å². The number of benzene rings is 1. The molecule has 0 atom stereocenters. The first kappa shape index (κ1) is 19.7. The van der Waals surface area contributed by atoms with Crippen LogP contribution in [0, 0.1) is 13.8 Å². The Balaban J connectivity index is 1.63. The van der Waals surface area contributed by atoms with Crippen LogP contribution in [-0.2, 0) is 4.79 Å². The van der Waals surface area contributed by atoms with E-state index in [9.17, 15) is 4.79 Å². The Morgan fingerprint density at radius 2 is 1.80 bits per heavy atom. The van der Waals surface area contributed by atoms with Gasteiger partial charge in [0.05, 0.1) is 13.2 Å². The fourth-order valence-corrected chi connectivity index (χ4v) is 3.00. The molecule has 2 rings (SSSR count). The van der Waals surface area contributed by atoms with Gasteiger partial charge in [-0.1, -0.05) is 13.0 Å². The van der Waals surface area contributed by atoms with Crippen molar-refractivity contribution >= 4 is 5.91 Å². The van der Waals surface area contributed by atoms with E-state index in [-0.39, 0.29) is 5.91 Å². The zero-order valence-corrected chi connectivity index (χ0v) is 16.3. The van der Waals surface area contributed by atoms with Crippen molar-refractivity contribution < 1.29 is 9.53 Å². The highest BCUT2D eigenvalue weighted by molar-refractivity contribution is 5.77. The summed E-state index contributed by atoms with van der Waals surface area (Å²) in [6.45, 7) is 13.5. The number of ether oxygens (including phenoxy) is 1. The molecule has 1 amide bonds. The Hall–Kier alpha value is -1.59. The lowest BCUT2D eigenvalue weighted by molar-refractivity contribution is -0.131. The Morgan fingerprint density at radius 3 is 2.44 bits per heavy atom. The Bertz CT molecular complexity index is 554. The largest absolute Gasteiger partial charge is 0.494 e. The number of carbonyl (C=O) groups excluding carboxylic acids is 1. The van der Waals surface area contributed by atoms with Gasteiger partial charge in [-0.15, -0.1) is 0 Å². The van der Waals surface area contributed by atoms with Crippen molar-refractivity contribution in [1.29, 1.82) is 0 Å². The zero-order valence-electron chi connectivity index (χ0n) is 16.3.